The number of carbonyl (C=O) groups excluding carboxylic acids is 1. The summed E-state index contributed by atoms with van der Waals surface area (Å²) in [5.74, 6) is 0.583. The molecule has 4 heterocycles. The van der Waals surface area contributed by atoms with Gasteiger partial charge in [-0.3, -0.25) is 14.5 Å². The van der Waals surface area contributed by atoms with Crippen LogP contribution < -0.4 is 5.56 Å². The van der Waals surface area contributed by atoms with E-state index in [2.05, 4.69) is 4.90 Å². The van der Waals surface area contributed by atoms with Crippen molar-refractivity contribution in [2.24, 2.45) is 5.92 Å². The van der Waals surface area contributed by atoms with Crippen molar-refractivity contribution in [3.63, 3.8) is 0 Å². The standard InChI is InChI=1S/C24H28FN3O2/c1-16(29)26-10-8-19(9-11-26)27-13-17-12-18(15-27)24-21(6-7-23(30)28(24)14-17)20-4-2-3-5-22(20)25/h2-7,17-19H,8-15H2,1H3/t17-,18+/m0/s1. The van der Waals surface area contributed by atoms with Gasteiger partial charge in [0.05, 0.1) is 0 Å². The molecule has 158 valence electrons. The van der Waals surface area contributed by atoms with Crippen LogP contribution in [0.4, 0.5) is 4.39 Å². The maximum Gasteiger partial charge on any atom is 0.250 e. The minimum absolute atomic E-state index is 0.0167. The number of rotatable bonds is 2. The second kappa shape index (κ2) is 7.65. The Morgan fingerprint density at radius 2 is 1.77 bits per heavy atom. The van der Waals surface area contributed by atoms with Crippen molar-refractivity contribution >= 4 is 5.91 Å². The molecule has 5 nitrogen and oxygen atoms in total. The first-order valence-corrected chi connectivity index (χ1v) is 11.0. The topological polar surface area (TPSA) is 45.6 Å². The van der Waals surface area contributed by atoms with Crippen molar-refractivity contribution in [1.82, 2.24) is 14.4 Å². The zero-order valence-corrected chi connectivity index (χ0v) is 17.4. The maximum atomic E-state index is 14.6. The van der Waals surface area contributed by atoms with E-state index in [1.165, 1.54) is 6.07 Å². The Labute approximate surface area is 176 Å². The van der Waals surface area contributed by atoms with Gasteiger partial charge in [0.15, 0.2) is 0 Å². The number of halogens is 1. The van der Waals surface area contributed by atoms with E-state index < -0.39 is 0 Å². The minimum Gasteiger partial charge on any atom is -0.343 e. The second-order valence-corrected chi connectivity index (χ2v) is 9.05. The fraction of sp³-hybridized carbons (Fsp3) is 0.500. The molecule has 30 heavy (non-hydrogen) atoms. The van der Waals surface area contributed by atoms with Crippen LogP contribution in [-0.4, -0.2) is 52.5 Å². The predicted octanol–water partition coefficient (Wildman–Crippen LogP) is 3.08. The summed E-state index contributed by atoms with van der Waals surface area (Å²) in [6, 6.07) is 10.7. The van der Waals surface area contributed by atoms with Crippen LogP contribution in [0.5, 0.6) is 0 Å². The van der Waals surface area contributed by atoms with Crippen LogP contribution in [-0.2, 0) is 11.3 Å². The Hall–Kier alpha value is -2.47. The third kappa shape index (κ3) is 3.37. The summed E-state index contributed by atoms with van der Waals surface area (Å²) in [6.45, 7) is 5.88. The smallest absolute Gasteiger partial charge is 0.250 e. The fourth-order valence-electron chi connectivity index (χ4n) is 5.80. The number of pyridine rings is 1. The van der Waals surface area contributed by atoms with Gasteiger partial charge in [-0.1, -0.05) is 18.2 Å². The number of fused-ring (bicyclic) bond motifs is 4. The van der Waals surface area contributed by atoms with Gasteiger partial charge in [-0.05, 0) is 37.3 Å². The zero-order chi connectivity index (χ0) is 20.8. The molecular formula is C24H28FN3O2. The van der Waals surface area contributed by atoms with E-state index in [9.17, 15) is 14.0 Å². The highest BCUT2D eigenvalue weighted by Crippen LogP contribution is 2.41. The van der Waals surface area contributed by atoms with Gasteiger partial charge in [0.25, 0.3) is 5.56 Å². The van der Waals surface area contributed by atoms with Gasteiger partial charge in [0.2, 0.25) is 5.91 Å². The van der Waals surface area contributed by atoms with Gasteiger partial charge >= 0.3 is 0 Å². The van der Waals surface area contributed by atoms with Crippen LogP contribution in [0.2, 0.25) is 0 Å². The molecule has 2 bridgehead atoms. The first kappa shape index (κ1) is 19.5. The summed E-state index contributed by atoms with van der Waals surface area (Å²) in [7, 11) is 0. The molecule has 6 heteroatoms. The van der Waals surface area contributed by atoms with E-state index in [1.807, 2.05) is 15.5 Å². The number of aromatic nitrogens is 1. The third-order valence-corrected chi connectivity index (χ3v) is 7.21. The molecule has 0 saturated carbocycles. The molecule has 0 N–H and O–H groups in total. The molecule has 0 spiro atoms. The van der Waals surface area contributed by atoms with Crippen LogP contribution in [0, 0.1) is 11.7 Å². The number of carbonyl (C=O) groups is 1. The largest absolute Gasteiger partial charge is 0.343 e. The van der Waals surface area contributed by atoms with Gasteiger partial charge in [-0.2, -0.15) is 0 Å². The molecule has 1 aromatic carbocycles. The number of piperidine rings is 2. The molecular weight excluding hydrogens is 381 g/mol. The van der Waals surface area contributed by atoms with Crippen LogP contribution in [0.15, 0.2) is 41.2 Å². The highest BCUT2D eigenvalue weighted by atomic mass is 19.1. The molecule has 1 aromatic heterocycles. The summed E-state index contributed by atoms with van der Waals surface area (Å²) < 4.78 is 16.5. The lowest BCUT2D eigenvalue weighted by Gasteiger charge is -2.48. The molecule has 2 fully saturated rings. The van der Waals surface area contributed by atoms with Crippen LogP contribution in [0.3, 0.4) is 0 Å². The summed E-state index contributed by atoms with van der Waals surface area (Å²) in [4.78, 5) is 28.8. The Kier molecular flexibility index (Phi) is 4.97. The summed E-state index contributed by atoms with van der Waals surface area (Å²) in [5, 5.41) is 0. The summed E-state index contributed by atoms with van der Waals surface area (Å²) in [5.41, 5.74) is 2.44. The molecule has 2 atom stereocenters. The molecule has 3 aliphatic rings. The van der Waals surface area contributed by atoms with Crippen LogP contribution >= 0.6 is 0 Å². The molecule has 5 rings (SSSR count). The van der Waals surface area contributed by atoms with E-state index in [4.69, 9.17) is 0 Å². The van der Waals surface area contributed by atoms with Crippen molar-refractivity contribution in [3.05, 3.63) is 58.3 Å². The first-order chi connectivity index (χ1) is 14.5. The van der Waals surface area contributed by atoms with E-state index >= 15 is 0 Å². The SMILES string of the molecule is CC(=O)N1CCC(N2C[C@@H]3C[C@H](C2)c2c(-c4ccccc4F)ccc(=O)n2C3)CC1. The highest BCUT2D eigenvalue weighted by Gasteiger charge is 2.39. The van der Waals surface area contributed by atoms with Crippen molar-refractivity contribution in [2.75, 3.05) is 26.2 Å². The number of hydrogen-bond donors (Lipinski definition) is 0. The predicted molar refractivity (Wildman–Crippen MR) is 114 cm³/mol. The number of likely N-dealkylation sites (tertiary alicyclic amines) is 2. The van der Waals surface area contributed by atoms with Crippen LogP contribution in [0.25, 0.3) is 11.1 Å². The highest BCUT2D eigenvalue weighted by molar-refractivity contribution is 5.73. The average molecular weight is 410 g/mol. The normalized spacial score (nSPS) is 24.5. The molecule has 2 aromatic rings. The molecule has 0 radical (unpaired) electrons. The van der Waals surface area contributed by atoms with E-state index in [0.29, 0.717) is 24.1 Å². The lowest BCUT2D eigenvalue weighted by molar-refractivity contribution is -0.130. The van der Waals surface area contributed by atoms with Crippen molar-refractivity contribution in [3.8, 4) is 11.1 Å². The van der Waals surface area contributed by atoms with Crippen molar-refractivity contribution in [2.45, 2.75) is 44.7 Å². The lowest BCUT2D eigenvalue weighted by atomic mass is 9.79. The van der Waals surface area contributed by atoms with E-state index in [1.54, 1.807) is 31.2 Å². The van der Waals surface area contributed by atoms with E-state index in [-0.39, 0.29) is 23.2 Å². The molecule has 2 saturated heterocycles. The fourth-order valence-corrected chi connectivity index (χ4v) is 5.80. The Morgan fingerprint density at radius 3 is 2.50 bits per heavy atom. The maximum absolute atomic E-state index is 14.6. The Morgan fingerprint density at radius 1 is 1.00 bits per heavy atom. The second-order valence-electron chi connectivity index (χ2n) is 9.05. The monoisotopic (exact) mass is 409 g/mol. The Bertz CT molecular complexity index is 1030. The van der Waals surface area contributed by atoms with Gasteiger partial charge in [0.1, 0.15) is 5.82 Å². The Balaban J connectivity index is 1.46. The van der Waals surface area contributed by atoms with Gasteiger partial charge in [-0.15, -0.1) is 0 Å². The van der Waals surface area contributed by atoms with E-state index in [0.717, 1.165) is 56.7 Å². The third-order valence-electron chi connectivity index (χ3n) is 7.21. The molecule has 0 unspecified atom stereocenters. The van der Waals surface area contributed by atoms with Gasteiger partial charge in [-0.25, -0.2) is 4.39 Å². The van der Waals surface area contributed by atoms with Crippen molar-refractivity contribution in [1.29, 1.82) is 0 Å². The number of nitrogens with zero attached hydrogens (tertiary/aromatic N) is 3. The summed E-state index contributed by atoms with van der Waals surface area (Å²) >= 11 is 0. The number of hydrogen-bond acceptors (Lipinski definition) is 3. The lowest BCUT2D eigenvalue weighted by Crippen LogP contribution is -2.53. The summed E-state index contributed by atoms with van der Waals surface area (Å²) in [6.07, 6.45) is 3.05. The average Bonchev–Trinajstić information content (AvgIpc) is 2.75. The number of amides is 1. The van der Waals surface area contributed by atoms with Gasteiger partial charge < -0.3 is 9.47 Å². The minimum atomic E-state index is -0.245. The van der Waals surface area contributed by atoms with Gasteiger partial charge in [0, 0.05) is 74.5 Å². The quantitative estimate of drug-likeness (QED) is 0.766. The molecule has 1 amide bonds. The molecule has 0 aliphatic carbocycles. The van der Waals surface area contributed by atoms with Crippen LogP contribution in [0.1, 0.15) is 37.8 Å². The first-order valence-electron chi connectivity index (χ1n) is 11.0. The zero-order valence-electron chi connectivity index (χ0n) is 17.4. The molecule has 3 aliphatic heterocycles. The number of benzene rings is 1. The van der Waals surface area contributed by atoms with Crippen molar-refractivity contribution < 1.29 is 9.18 Å².